The Kier molecular flexibility index (Phi) is 9.51. The van der Waals surface area contributed by atoms with Gasteiger partial charge in [0.05, 0.1) is 12.6 Å². The van der Waals surface area contributed by atoms with Crippen LogP contribution in [0.25, 0.3) is 0 Å². The Hall–Kier alpha value is -2.20. The van der Waals surface area contributed by atoms with Crippen LogP contribution in [0.3, 0.4) is 0 Å². The van der Waals surface area contributed by atoms with Crippen LogP contribution in [0.1, 0.15) is 47.0 Å². The zero-order valence-electron chi connectivity index (χ0n) is 17.6. The van der Waals surface area contributed by atoms with E-state index in [4.69, 9.17) is 5.73 Å². The van der Waals surface area contributed by atoms with Gasteiger partial charge in [0.25, 0.3) is 0 Å². The molecule has 1 rings (SSSR count). The Morgan fingerprint density at radius 3 is 2.28 bits per heavy atom. The number of likely N-dealkylation sites (tertiary alicyclic amines) is 1. The summed E-state index contributed by atoms with van der Waals surface area (Å²) in [6, 6.07) is -3.95. The summed E-state index contributed by atoms with van der Waals surface area (Å²) in [5.41, 5.74) is 5.88. The van der Waals surface area contributed by atoms with Gasteiger partial charge in [-0.2, -0.15) is 0 Å². The molecule has 1 fully saturated rings. The van der Waals surface area contributed by atoms with Crippen molar-refractivity contribution in [2.24, 2.45) is 17.6 Å². The van der Waals surface area contributed by atoms with Crippen molar-refractivity contribution >= 4 is 23.7 Å². The standard InChI is InChI=1S/C19H34N4O6/c1-5-11(4)14(20)17(26)21-12(9-24)18(27)23-8-6-7-13(23)16(25)22-15(10(2)3)19(28)29/h10-15,24H,5-9,20H2,1-4H3,(H,21,26)(H,22,25)(H,28,29). The lowest BCUT2D eigenvalue weighted by molar-refractivity contribution is -0.146. The summed E-state index contributed by atoms with van der Waals surface area (Å²) in [7, 11) is 0. The number of rotatable bonds is 10. The van der Waals surface area contributed by atoms with Crippen LogP contribution >= 0.6 is 0 Å². The zero-order valence-corrected chi connectivity index (χ0v) is 17.6. The minimum atomic E-state index is -1.22. The molecule has 0 aromatic rings. The molecule has 0 spiro atoms. The Balaban J connectivity index is 2.85. The fourth-order valence-corrected chi connectivity index (χ4v) is 3.23. The van der Waals surface area contributed by atoms with E-state index in [1.807, 2.05) is 13.8 Å². The molecule has 6 N–H and O–H groups in total. The molecule has 10 nitrogen and oxygen atoms in total. The fraction of sp³-hybridized carbons (Fsp3) is 0.789. The molecule has 1 aliphatic rings. The van der Waals surface area contributed by atoms with E-state index in [2.05, 4.69) is 10.6 Å². The maximum Gasteiger partial charge on any atom is 0.326 e. The van der Waals surface area contributed by atoms with Crippen LogP contribution in [-0.4, -0.2) is 76.1 Å². The molecule has 5 atom stereocenters. The summed E-state index contributed by atoms with van der Waals surface area (Å²) >= 11 is 0. The van der Waals surface area contributed by atoms with E-state index in [0.29, 0.717) is 19.3 Å². The first-order valence-corrected chi connectivity index (χ1v) is 10.1. The molecular weight excluding hydrogens is 380 g/mol. The first-order chi connectivity index (χ1) is 13.5. The predicted octanol–water partition coefficient (Wildman–Crippen LogP) is -0.947. The number of amides is 3. The second-order valence-electron chi connectivity index (χ2n) is 7.91. The summed E-state index contributed by atoms with van der Waals surface area (Å²) < 4.78 is 0. The Morgan fingerprint density at radius 2 is 1.79 bits per heavy atom. The normalized spacial score (nSPS) is 20.7. The Bertz CT molecular complexity index is 612. The highest BCUT2D eigenvalue weighted by molar-refractivity contribution is 5.94. The van der Waals surface area contributed by atoms with E-state index in [1.165, 1.54) is 4.90 Å². The second kappa shape index (κ2) is 11.1. The zero-order chi connectivity index (χ0) is 22.3. The minimum Gasteiger partial charge on any atom is -0.480 e. The van der Waals surface area contributed by atoms with Crippen molar-refractivity contribution in [1.82, 2.24) is 15.5 Å². The lowest BCUT2D eigenvalue weighted by Gasteiger charge is -2.30. The highest BCUT2D eigenvalue weighted by Gasteiger charge is 2.39. The molecular formula is C19H34N4O6. The number of carbonyl (C=O) groups excluding carboxylic acids is 3. The number of hydrogen-bond acceptors (Lipinski definition) is 6. The van der Waals surface area contributed by atoms with Crippen molar-refractivity contribution in [2.75, 3.05) is 13.2 Å². The first kappa shape index (κ1) is 24.8. The topological polar surface area (TPSA) is 162 Å². The molecule has 5 unspecified atom stereocenters. The van der Waals surface area contributed by atoms with Crippen molar-refractivity contribution in [3.63, 3.8) is 0 Å². The average molecular weight is 415 g/mol. The van der Waals surface area contributed by atoms with Gasteiger partial charge in [0.2, 0.25) is 17.7 Å². The van der Waals surface area contributed by atoms with E-state index in [1.54, 1.807) is 13.8 Å². The van der Waals surface area contributed by atoms with E-state index in [9.17, 15) is 29.4 Å². The average Bonchev–Trinajstić information content (AvgIpc) is 3.17. The van der Waals surface area contributed by atoms with E-state index in [0.717, 1.165) is 0 Å². The van der Waals surface area contributed by atoms with Crippen LogP contribution in [0.15, 0.2) is 0 Å². The van der Waals surface area contributed by atoms with Crippen LogP contribution in [-0.2, 0) is 19.2 Å². The van der Waals surface area contributed by atoms with Gasteiger partial charge in [0.15, 0.2) is 0 Å². The molecule has 29 heavy (non-hydrogen) atoms. The molecule has 1 saturated heterocycles. The molecule has 1 heterocycles. The van der Waals surface area contributed by atoms with E-state index < -0.39 is 54.5 Å². The third-order valence-electron chi connectivity index (χ3n) is 5.43. The summed E-state index contributed by atoms with van der Waals surface area (Å²) in [5.74, 6) is -3.27. The highest BCUT2D eigenvalue weighted by Crippen LogP contribution is 2.19. The largest absolute Gasteiger partial charge is 0.480 e. The van der Waals surface area contributed by atoms with Gasteiger partial charge >= 0.3 is 5.97 Å². The lowest BCUT2D eigenvalue weighted by atomic mass is 9.99. The molecule has 166 valence electrons. The third-order valence-corrected chi connectivity index (χ3v) is 5.43. The van der Waals surface area contributed by atoms with Gasteiger partial charge in [0, 0.05) is 6.54 Å². The number of aliphatic hydroxyl groups excluding tert-OH is 1. The molecule has 0 radical (unpaired) electrons. The number of nitrogens with zero attached hydrogens (tertiary/aromatic N) is 1. The van der Waals surface area contributed by atoms with Crippen LogP contribution < -0.4 is 16.4 Å². The van der Waals surface area contributed by atoms with Crippen molar-refractivity contribution in [1.29, 1.82) is 0 Å². The smallest absolute Gasteiger partial charge is 0.326 e. The number of hydrogen-bond donors (Lipinski definition) is 5. The summed E-state index contributed by atoms with van der Waals surface area (Å²) in [6.07, 6.45) is 1.61. The monoisotopic (exact) mass is 414 g/mol. The maximum absolute atomic E-state index is 12.9. The fourth-order valence-electron chi connectivity index (χ4n) is 3.23. The van der Waals surface area contributed by atoms with Crippen molar-refractivity contribution < 1.29 is 29.4 Å². The quantitative estimate of drug-likeness (QED) is 0.308. The van der Waals surface area contributed by atoms with Gasteiger partial charge in [-0.05, 0) is 24.7 Å². The molecule has 1 aliphatic heterocycles. The van der Waals surface area contributed by atoms with Crippen LogP contribution in [0.2, 0.25) is 0 Å². The van der Waals surface area contributed by atoms with Crippen LogP contribution in [0.4, 0.5) is 0 Å². The van der Waals surface area contributed by atoms with Gasteiger partial charge in [-0.1, -0.05) is 34.1 Å². The molecule has 0 aliphatic carbocycles. The lowest BCUT2D eigenvalue weighted by Crippen LogP contribution is -2.58. The van der Waals surface area contributed by atoms with Gasteiger partial charge in [-0.15, -0.1) is 0 Å². The minimum absolute atomic E-state index is 0.0984. The van der Waals surface area contributed by atoms with Crippen molar-refractivity contribution in [3.8, 4) is 0 Å². The number of aliphatic carboxylic acids is 1. The highest BCUT2D eigenvalue weighted by atomic mass is 16.4. The van der Waals surface area contributed by atoms with Crippen LogP contribution in [0.5, 0.6) is 0 Å². The molecule has 0 bridgehead atoms. The SMILES string of the molecule is CCC(C)C(N)C(=O)NC(CO)C(=O)N1CCCC1C(=O)NC(C(=O)O)C(C)C. The van der Waals surface area contributed by atoms with E-state index >= 15 is 0 Å². The summed E-state index contributed by atoms with van der Waals surface area (Å²) in [5, 5.41) is 23.8. The van der Waals surface area contributed by atoms with Gasteiger partial charge in [0.1, 0.15) is 18.1 Å². The number of carboxylic acids is 1. The number of nitrogens with two attached hydrogens (primary N) is 1. The number of carbonyl (C=O) groups is 4. The van der Waals surface area contributed by atoms with E-state index in [-0.39, 0.29) is 18.4 Å². The molecule has 0 aromatic heterocycles. The number of carboxylic acid groups (broad SMARTS) is 1. The molecule has 0 saturated carbocycles. The van der Waals surface area contributed by atoms with Gasteiger partial charge in [-0.25, -0.2) is 4.79 Å². The van der Waals surface area contributed by atoms with Gasteiger partial charge < -0.3 is 31.5 Å². The van der Waals surface area contributed by atoms with Gasteiger partial charge in [-0.3, -0.25) is 14.4 Å². The molecule has 0 aromatic carbocycles. The third kappa shape index (κ3) is 6.40. The molecule has 3 amide bonds. The molecule has 10 heteroatoms. The summed E-state index contributed by atoms with van der Waals surface area (Å²) in [6.45, 7) is 6.70. The maximum atomic E-state index is 12.9. The predicted molar refractivity (Wildman–Crippen MR) is 106 cm³/mol. The number of nitrogens with one attached hydrogen (secondary N) is 2. The van der Waals surface area contributed by atoms with Crippen molar-refractivity contribution in [3.05, 3.63) is 0 Å². The summed E-state index contributed by atoms with van der Waals surface area (Å²) in [4.78, 5) is 50.4. The Labute approximate surface area is 171 Å². The number of aliphatic hydroxyl groups is 1. The second-order valence-corrected chi connectivity index (χ2v) is 7.91. The first-order valence-electron chi connectivity index (χ1n) is 10.1. The Morgan fingerprint density at radius 1 is 1.17 bits per heavy atom. The van der Waals surface area contributed by atoms with Crippen LogP contribution in [0, 0.1) is 11.8 Å². The van der Waals surface area contributed by atoms with Crippen molar-refractivity contribution in [2.45, 2.75) is 71.1 Å².